The molecule has 0 radical (unpaired) electrons. The Morgan fingerprint density at radius 3 is 2.41 bits per heavy atom. The van der Waals surface area contributed by atoms with Crippen LogP contribution in [0.5, 0.6) is 0 Å². The number of nitrogens with two attached hydrogens (primary N) is 1. The molecule has 90 valence electrons. The zero-order valence-electron chi connectivity index (χ0n) is 9.28. The smallest absolute Gasteiger partial charge is 0.305 e. The molecule has 17 heavy (non-hydrogen) atoms. The lowest BCUT2D eigenvalue weighted by atomic mass is 9.85. The molecule has 3 rings (SSSR count). The highest BCUT2D eigenvalue weighted by Crippen LogP contribution is 2.64. The van der Waals surface area contributed by atoms with Crippen molar-refractivity contribution in [2.45, 2.75) is 36.6 Å². The van der Waals surface area contributed by atoms with Gasteiger partial charge in [-0.05, 0) is 25.7 Å². The van der Waals surface area contributed by atoms with E-state index in [9.17, 15) is 14.5 Å². The summed E-state index contributed by atoms with van der Waals surface area (Å²) in [4.78, 5) is 10.0. The van der Waals surface area contributed by atoms with E-state index in [4.69, 9.17) is 5.73 Å². The van der Waals surface area contributed by atoms with E-state index in [2.05, 4.69) is 0 Å². The van der Waals surface area contributed by atoms with Gasteiger partial charge in [0.1, 0.15) is 0 Å². The first-order chi connectivity index (χ1) is 8.00. The van der Waals surface area contributed by atoms with Crippen LogP contribution in [0.4, 0.5) is 10.1 Å². The predicted octanol–water partition coefficient (Wildman–Crippen LogP) is 2.26. The van der Waals surface area contributed by atoms with Crippen LogP contribution in [-0.4, -0.2) is 10.5 Å². The molecule has 2 fully saturated rings. The highest BCUT2D eigenvalue weighted by molar-refractivity contribution is 5.47. The van der Waals surface area contributed by atoms with Crippen LogP contribution in [0.3, 0.4) is 0 Å². The molecular weight excluding hydrogens is 223 g/mol. The Morgan fingerprint density at radius 2 is 1.94 bits per heavy atom. The number of hydrogen-bond donors (Lipinski definition) is 1. The minimum Gasteiger partial charge on any atom is -0.324 e. The lowest BCUT2D eigenvalue weighted by Gasteiger charge is -2.23. The zero-order valence-corrected chi connectivity index (χ0v) is 9.28. The van der Waals surface area contributed by atoms with E-state index in [1.54, 1.807) is 12.1 Å². The van der Waals surface area contributed by atoms with Gasteiger partial charge in [-0.1, -0.05) is 12.1 Å². The normalized spacial score (nSPS) is 23.2. The maximum atomic E-state index is 14.1. The Bertz CT molecular complexity index is 507. The first kappa shape index (κ1) is 10.7. The van der Waals surface area contributed by atoms with E-state index in [0.717, 1.165) is 25.7 Å². The number of nitro benzene ring substituents is 1. The summed E-state index contributed by atoms with van der Waals surface area (Å²) in [5.41, 5.74) is 5.49. The van der Waals surface area contributed by atoms with Gasteiger partial charge in [-0.3, -0.25) is 10.1 Å². The Hall–Kier alpha value is -1.49. The number of halogens is 1. The number of nitro groups is 1. The molecule has 1 aromatic carbocycles. The van der Waals surface area contributed by atoms with Gasteiger partial charge < -0.3 is 5.73 Å². The topological polar surface area (TPSA) is 69.2 Å². The number of benzene rings is 1. The average Bonchev–Trinajstić information content (AvgIpc) is 3.14. The summed E-state index contributed by atoms with van der Waals surface area (Å²) in [7, 11) is 0. The van der Waals surface area contributed by atoms with E-state index in [1.165, 1.54) is 6.07 Å². The molecule has 0 aliphatic heterocycles. The van der Waals surface area contributed by atoms with Gasteiger partial charge in [0.05, 0.1) is 4.92 Å². The quantitative estimate of drug-likeness (QED) is 0.646. The Morgan fingerprint density at radius 1 is 1.29 bits per heavy atom. The van der Waals surface area contributed by atoms with Crippen LogP contribution in [0.25, 0.3) is 0 Å². The third kappa shape index (κ3) is 1.32. The van der Waals surface area contributed by atoms with Gasteiger partial charge in [-0.2, -0.15) is 4.39 Å². The second-order valence-corrected chi connectivity index (χ2v) is 5.13. The van der Waals surface area contributed by atoms with Gasteiger partial charge in [0, 0.05) is 22.6 Å². The number of rotatable bonds is 3. The van der Waals surface area contributed by atoms with Crippen molar-refractivity contribution in [2.75, 3.05) is 0 Å². The van der Waals surface area contributed by atoms with Crippen molar-refractivity contribution in [3.63, 3.8) is 0 Å². The highest BCUT2D eigenvalue weighted by atomic mass is 19.1. The molecule has 2 aliphatic carbocycles. The van der Waals surface area contributed by atoms with E-state index in [0.29, 0.717) is 5.56 Å². The van der Waals surface area contributed by atoms with Crippen molar-refractivity contribution < 1.29 is 9.31 Å². The van der Waals surface area contributed by atoms with Crippen LogP contribution in [-0.2, 0) is 5.41 Å². The second kappa shape index (κ2) is 3.04. The Balaban J connectivity index is 2.10. The average molecular weight is 236 g/mol. The fourth-order valence-corrected chi connectivity index (χ4v) is 2.80. The van der Waals surface area contributed by atoms with Gasteiger partial charge in [-0.25, -0.2) is 0 Å². The van der Waals surface area contributed by atoms with Gasteiger partial charge in [-0.15, -0.1) is 0 Å². The van der Waals surface area contributed by atoms with Crippen LogP contribution in [0.1, 0.15) is 31.2 Å². The van der Waals surface area contributed by atoms with Crippen molar-refractivity contribution >= 4 is 5.69 Å². The molecule has 0 saturated heterocycles. The van der Waals surface area contributed by atoms with E-state index in [1.807, 2.05) is 0 Å². The van der Waals surface area contributed by atoms with Crippen LogP contribution < -0.4 is 5.73 Å². The summed E-state index contributed by atoms with van der Waals surface area (Å²) in [5, 5.41) is 10.7. The maximum absolute atomic E-state index is 14.1. The molecule has 0 aromatic heterocycles. The van der Waals surface area contributed by atoms with Crippen molar-refractivity contribution in [1.82, 2.24) is 0 Å². The number of nitrogens with zero attached hydrogens (tertiary/aromatic N) is 1. The molecule has 0 bridgehead atoms. The van der Waals surface area contributed by atoms with Crippen LogP contribution in [0.2, 0.25) is 0 Å². The Kier molecular flexibility index (Phi) is 1.91. The molecule has 0 amide bonds. The molecule has 0 atom stereocenters. The minimum atomic E-state index is -0.702. The zero-order chi connectivity index (χ0) is 12.3. The maximum Gasteiger partial charge on any atom is 0.305 e. The third-order valence-electron chi connectivity index (χ3n) is 4.18. The SMILES string of the molecule is NC1(C2(c3cccc([N+](=O)[O-])c3F)CC2)CC1. The molecule has 5 heteroatoms. The molecule has 2 aliphatic rings. The fourth-order valence-electron chi connectivity index (χ4n) is 2.80. The van der Waals surface area contributed by atoms with Crippen LogP contribution >= 0.6 is 0 Å². The monoisotopic (exact) mass is 236 g/mol. The van der Waals surface area contributed by atoms with Crippen LogP contribution in [0.15, 0.2) is 18.2 Å². The molecule has 1 aromatic rings. The van der Waals surface area contributed by atoms with Gasteiger partial charge in [0.25, 0.3) is 0 Å². The molecule has 0 unspecified atom stereocenters. The van der Waals surface area contributed by atoms with E-state index < -0.39 is 16.4 Å². The molecule has 2 saturated carbocycles. The minimum absolute atomic E-state index is 0.330. The first-order valence-electron chi connectivity index (χ1n) is 5.72. The summed E-state index contributed by atoms with van der Waals surface area (Å²) >= 11 is 0. The van der Waals surface area contributed by atoms with E-state index in [-0.39, 0.29) is 11.0 Å². The Labute approximate surface area is 97.8 Å². The van der Waals surface area contributed by atoms with Crippen molar-refractivity contribution in [3.8, 4) is 0 Å². The molecular formula is C12H13FN2O2. The third-order valence-corrected chi connectivity index (χ3v) is 4.18. The standard InChI is InChI=1S/C12H13FN2O2/c13-10-8(2-1-3-9(10)15(16)17)11(4-5-11)12(14)6-7-12/h1-3H,4-7,14H2. The summed E-state index contributed by atoms with van der Waals surface area (Å²) in [5.74, 6) is -0.702. The number of hydrogen-bond acceptors (Lipinski definition) is 3. The largest absolute Gasteiger partial charge is 0.324 e. The highest BCUT2D eigenvalue weighted by Gasteiger charge is 2.65. The molecule has 0 spiro atoms. The fraction of sp³-hybridized carbons (Fsp3) is 0.500. The first-order valence-corrected chi connectivity index (χ1v) is 5.72. The summed E-state index contributed by atoms with van der Waals surface area (Å²) in [6, 6.07) is 4.38. The molecule has 2 N–H and O–H groups in total. The van der Waals surface area contributed by atoms with Crippen molar-refractivity contribution in [3.05, 3.63) is 39.7 Å². The van der Waals surface area contributed by atoms with E-state index >= 15 is 0 Å². The predicted molar refractivity (Wildman–Crippen MR) is 60.1 cm³/mol. The molecule has 0 heterocycles. The van der Waals surface area contributed by atoms with Gasteiger partial charge >= 0.3 is 5.69 Å². The second-order valence-electron chi connectivity index (χ2n) is 5.13. The van der Waals surface area contributed by atoms with Gasteiger partial charge in [0.2, 0.25) is 5.82 Å². The van der Waals surface area contributed by atoms with Gasteiger partial charge in [0.15, 0.2) is 0 Å². The summed E-state index contributed by atoms with van der Waals surface area (Å²) in [6.07, 6.45) is 3.44. The van der Waals surface area contributed by atoms with Crippen molar-refractivity contribution in [1.29, 1.82) is 0 Å². The summed E-state index contributed by atoms with van der Waals surface area (Å²) in [6.45, 7) is 0. The lowest BCUT2D eigenvalue weighted by molar-refractivity contribution is -0.387. The van der Waals surface area contributed by atoms with Crippen LogP contribution in [0, 0.1) is 15.9 Å². The lowest BCUT2D eigenvalue weighted by Crippen LogP contribution is -2.37. The summed E-state index contributed by atoms with van der Waals surface area (Å²) < 4.78 is 14.1. The molecule has 4 nitrogen and oxygen atoms in total. The van der Waals surface area contributed by atoms with Crippen molar-refractivity contribution in [2.24, 2.45) is 5.73 Å².